The number of rotatable bonds is 7. The highest BCUT2D eigenvalue weighted by Crippen LogP contribution is 2.27. The normalized spacial score (nSPS) is 11.9. The molecule has 2 N–H and O–H groups in total. The van der Waals surface area contributed by atoms with Gasteiger partial charge in [-0.05, 0) is 42.8 Å². The van der Waals surface area contributed by atoms with E-state index in [-0.39, 0.29) is 11.6 Å². The van der Waals surface area contributed by atoms with Crippen molar-refractivity contribution in [2.45, 2.75) is 13.0 Å². The maximum atomic E-state index is 12.4. The summed E-state index contributed by atoms with van der Waals surface area (Å²) in [5.41, 5.74) is 1.48. The molecule has 0 aliphatic rings. The first-order valence-corrected chi connectivity index (χ1v) is 8.51. The Morgan fingerprint density at radius 3 is 2.44 bits per heavy atom. The first-order valence-electron chi connectivity index (χ1n) is 8.13. The van der Waals surface area contributed by atoms with Crippen molar-refractivity contribution in [3.8, 4) is 17.6 Å². The molecular formula is C20H20ClN3O3. The lowest BCUT2D eigenvalue weighted by atomic mass is 10.1. The number of hydrogen-bond donors (Lipinski definition) is 2. The largest absolute Gasteiger partial charge is 0.497 e. The molecule has 0 aliphatic heterocycles. The topological polar surface area (TPSA) is 83.4 Å². The van der Waals surface area contributed by atoms with Gasteiger partial charge in [0, 0.05) is 11.9 Å². The molecule has 0 spiro atoms. The van der Waals surface area contributed by atoms with Crippen molar-refractivity contribution in [2.24, 2.45) is 0 Å². The summed E-state index contributed by atoms with van der Waals surface area (Å²) >= 11 is 6.06. The molecule has 6 nitrogen and oxygen atoms in total. The molecule has 2 aromatic rings. The first-order chi connectivity index (χ1) is 13.0. The van der Waals surface area contributed by atoms with E-state index in [2.05, 4.69) is 10.6 Å². The van der Waals surface area contributed by atoms with Crippen molar-refractivity contribution >= 4 is 23.2 Å². The Kier molecular flexibility index (Phi) is 7.09. The molecule has 0 saturated carbocycles. The van der Waals surface area contributed by atoms with Crippen LogP contribution in [0.25, 0.3) is 0 Å². The summed E-state index contributed by atoms with van der Waals surface area (Å²) in [6, 6.07) is 14.0. The molecule has 1 atom stereocenters. The lowest BCUT2D eigenvalue weighted by Crippen LogP contribution is -2.28. The second kappa shape index (κ2) is 9.51. The fourth-order valence-electron chi connectivity index (χ4n) is 2.31. The Balaban J connectivity index is 2.04. The quantitative estimate of drug-likeness (QED) is 0.554. The molecule has 7 heteroatoms. The highest BCUT2D eigenvalue weighted by molar-refractivity contribution is 6.32. The molecule has 0 aromatic heterocycles. The number of nitriles is 1. The first kappa shape index (κ1) is 20.1. The number of benzene rings is 2. The van der Waals surface area contributed by atoms with Gasteiger partial charge in [-0.25, -0.2) is 0 Å². The summed E-state index contributed by atoms with van der Waals surface area (Å²) in [5.74, 6) is 0.794. The number of methoxy groups -OCH3 is 2. The van der Waals surface area contributed by atoms with Crippen molar-refractivity contribution in [3.63, 3.8) is 0 Å². The summed E-state index contributed by atoms with van der Waals surface area (Å²) < 4.78 is 10.2. The summed E-state index contributed by atoms with van der Waals surface area (Å²) in [6.07, 6.45) is 1.34. The van der Waals surface area contributed by atoms with E-state index in [1.807, 2.05) is 37.3 Å². The molecule has 1 amide bonds. The summed E-state index contributed by atoms with van der Waals surface area (Å²) in [5, 5.41) is 15.4. The Bertz CT molecular complexity index is 873. The Morgan fingerprint density at radius 1 is 1.19 bits per heavy atom. The van der Waals surface area contributed by atoms with Crippen LogP contribution in [-0.2, 0) is 4.79 Å². The molecule has 140 valence electrons. The fourth-order valence-corrected chi connectivity index (χ4v) is 2.57. The molecule has 2 aromatic carbocycles. The molecule has 0 bridgehead atoms. The van der Waals surface area contributed by atoms with E-state index in [0.717, 1.165) is 11.3 Å². The molecule has 2 rings (SSSR count). The van der Waals surface area contributed by atoms with Crippen LogP contribution in [-0.4, -0.2) is 20.1 Å². The molecule has 0 heterocycles. The van der Waals surface area contributed by atoms with Crippen LogP contribution in [0.2, 0.25) is 5.02 Å². The molecule has 27 heavy (non-hydrogen) atoms. The average molecular weight is 386 g/mol. The number of ether oxygens (including phenoxy) is 2. The maximum Gasteiger partial charge on any atom is 0.263 e. The monoisotopic (exact) mass is 385 g/mol. The number of carbonyl (C=O) groups is 1. The summed E-state index contributed by atoms with van der Waals surface area (Å²) in [7, 11) is 3.11. The van der Waals surface area contributed by atoms with E-state index < -0.39 is 5.91 Å². The van der Waals surface area contributed by atoms with Crippen LogP contribution in [0, 0.1) is 11.3 Å². The van der Waals surface area contributed by atoms with Gasteiger partial charge in [0.1, 0.15) is 23.1 Å². The number of nitrogens with zero attached hydrogens (tertiary/aromatic N) is 1. The van der Waals surface area contributed by atoms with Crippen LogP contribution in [0.15, 0.2) is 54.2 Å². The lowest BCUT2D eigenvalue weighted by Gasteiger charge is -2.14. The standard InChI is InChI=1S/C20H20ClN3O3/c1-13(14-4-7-17(26-2)8-5-14)24-20(25)15(11-22)12-23-16-6-9-19(27-3)18(21)10-16/h4-10,12-13,23H,1-3H3,(H,24,25)/b15-12-. The SMILES string of the molecule is COc1ccc(C(C)NC(=O)/C(C#N)=C\Nc2ccc(OC)c(Cl)c2)cc1. The van der Waals surface area contributed by atoms with Crippen LogP contribution < -0.4 is 20.1 Å². The van der Waals surface area contributed by atoms with Crippen molar-refractivity contribution in [1.29, 1.82) is 5.26 Å². The van der Waals surface area contributed by atoms with E-state index in [1.54, 1.807) is 25.3 Å². The van der Waals surface area contributed by atoms with Crippen molar-refractivity contribution in [2.75, 3.05) is 19.5 Å². The predicted octanol–water partition coefficient (Wildman–Crippen LogP) is 4.05. The van der Waals surface area contributed by atoms with Gasteiger partial charge in [-0.2, -0.15) is 5.26 Å². The third kappa shape index (κ3) is 5.40. The number of nitrogens with one attached hydrogen (secondary N) is 2. The van der Waals surface area contributed by atoms with Gasteiger partial charge >= 0.3 is 0 Å². The number of halogens is 1. The Hall–Kier alpha value is -3.17. The number of hydrogen-bond acceptors (Lipinski definition) is 5. The van der Waals surface area contributed by atoms with E-state index in [4.69, 9.17) is 21.1 Å². The molecule has 1 unspecified atom stereocenters. The second-order valence-corrected chi connectivity index (χ2v) is 6.04. The zero-order chi connectivity index (χ0) is 19.8. The van der Waals surface area contributed by atoms with Gasteiger partial charge in [0.05, 0.1) is 25.3 Å². The van der Waals surface area contributed by atoms with Crippen LogP contribution in [0.5, 0.6) is 11.5 Å². The molecule has 0 aliphatic carbocycles. The van der Waals surface area contributed by atoms with E-state index >= 15 is 0 Å². The third-order valence-electron chi connectivity index (χ3n) is 3.86. The van der Waals surface area contributed by atoms with Crippen molar-refractivity contribution in [3.05, 3.63) is 64.8 Å². The Morgan fingerprint density at radius 2 is 1.89 bits per heavy atom. The van der Waals surface area contributed by atoms with E-state index in [1.165, 1.54) is 13.3 Å². The zero-order valence-electron chi connectivity index (χ0n) is 15.2. The van der Waals surface area contributed by atoms with Crippen LogP contribution in [0.4, 0.5) is 5.69 Å². The Labute approximate surface area is 163 Å². The number of amides is 1. The minimum absolute atomic E-state index is 0.0534. The van der Waals surface area contributed by atoms with Gasteiger partial charge in [0.25, 0.3) is 5.91 Å². The third-order valence-corrected chi connectivity index (χ3v) is 4.16. The molecule has 0 radical (unpaired) electrons. The van der Waals surface area contributed by atoms with Crippen LogP contribution >= 0.6 is 11.6 Å². The minimum Gasteiger partial charge on any atom is -0.497 e. The minimum atomic E-state index is -0.479. The van der Waals surface area contributed by atoms with Gasteiger partial charge in [-0.3, -0.25) is 4.79 Å². The van der Waals surface area contributed by atoms with Crippen LogP contribution in [0.1, 0.15) is 18.5 Å². The maximum absolute atomic E-state index is 12.4. The van der Waals surface area contributed by atoms with Crippen molar-refractivity contribution in [1.82, 2.24) is 5.32 Å². The fraction of sp³-hybridized carbons (Fsp3) is 0.200. The smallest absolute Gasteiger partial charge is 0.263 e. The van der Waals surface area contributed by atoms with Crippen LogP contribution in [0.3, 0.4) is 0 Å². The predicted molar refractivity (Wildman–Crippen MR) is 105 cm³/mol. The van der Waals surface area contributed by atoms with E-state index in [0.29, 0.717) is 16.5 Å². The second-order valence-electron chi connectivity index (χ2n) is 5.63. The van der Waals surface area contributed by atoms with E-state index in [9.17, 15) is 10.1 Å². The lowest BCUT2D eigenvalue weighted by molar-refractivity contribution is -0.117. The molecule has 0 fully saturated rings. The molecule has 0 saturated heterocycles. The van der Waals surface area contributed by atoms with Gasteiger partial charge in [0.15, 0.2) is 0 Å². The highest BCUT2D eigenvalue weighted by Gasteiger charge is 2.14. The van der Waals surface area contributed by atoms with Gasteiger partial charge in [-0.15, -0.1) is 0 Å². The summed E-state index contributed by atoms with van der Waals surface area (Å²) in [4.78, 5) is 12.4. The summed E-state index contributed by atoms with van der Waals surface area (Å²) in [6.45, 7) is 1.84. The zero-order valence-corrected chi connectivity index (χ0v) is 16.0. The van der Waals surface area contributed by atoms with Gasteiger partial charge in [0.2, 0.25) is 0 Å². The number of carbonyl (C=O) groups excluding carboxylic acids is 1. The highest BCUT2D eigenvalue weighted by atomic mass is 35.5. The van der Waals surface area contributed by atoms with Crippen molar-refractivity contribution < 1.29 is 14.3 Å². The number of anilines is 1. The average Bonchev–Trinajstić information content (AvgIpc) is 2.68. The molecular weight excluding hydrogens is 366 g/mol. The van der Waals surface area contributed by atoms with Gasteiger partial charge in [-0.1, -0.05) is 23.7 Å². The van der Waals surface area contributed by atoms with Gasteiger partial charge < -0.3 is 20.1 Å².